The maximum Gasteiger partial charge on any atom is 0.191 e. The van der Waals surface area contributed by atoms with Crippen LogP contribution in [-0.4, -0.2) is 25.6 Å². The highest BCUT2D eigenvalue weighted by Gasteiger charge is 2.18. The third kappa shape index (κ3) is 6.81. The second-order valence-electron chi connectivity index (χ2n) is 5.53. The standard InChI is InChI=1S/C14H29N3.HI/c1-5-12(3)17-14(15-4)16-10-13-8-6-11(2)7-9-13;/h11-13H,5-10H2,1-4H3,(H2,15,16,17);1H. The van der Waals surface area contributed by atoms with E-state index in [9.17, 15) is 0 Å². The summed E-state index contributed by atoms with van der Waals surface area (Å²) in [4.78, 5) is 4.27. The van der Waals surface area contributed by atoms with Crippen molar-refractivity contribution < 1.29 is 0 Å². The number of aliphatic imine (C=N–C) groups is 1. The van der Waals surface area contributed by atoms with Gasteiger partial charge in [-0.05, 0) is 38.0 Å². The van der Waals surface area contributed by atoms with E-state index in [1.807, 2.05) is 7.05 Å². The molecule has 0 aliphatic heterocycles. The quantitative estimate of drug-likeness (QED) is 0.454. The highest BCUT2D eigenvalue weighted by molar-refractivity contribution is 14.0. The Morgan fingerprint density at radius 2 is 1.89 bits per heavy atom. The molecule has 2 N–H and O–H groups in total. The zero-order valence-electron chi connectivity index (χ0n) is 12.3. The zero-order valence-corrected chi connectivity index (χ0v) is 14.7. The summed E-state index contributed by atoms with van der Waals surface area (Å²) in [5.41, 5.74) is 0. The third-order valence-corrected chi connectivity index (χ3v) is 3.91. The van der Waals surface area contributed by atoms with Crippen molar-refractivity contribution in [3.05, 3.63) is 0 Å². The van der Waals surface area contributed by atoms with Crippen LogP contribution >= 0.6 is 24.0 Å². The van der Waals surface area contributed by atoms with E-state index in [0.29, 0.717) is 6.04 Å². The Labute approximate surface area is 130 Å². The molecule has 0 heterocycles. The van der Waals surface area contributed by atoms with Crippen molar-refractivity contribution in [2.45, 2.75) is 58.9 Å². The SMILES string of the molecule is CCC(C)NC(=NC)NCC1CCC(C)CC1.I. The predicted molar refractivity (Wildman–Crippen MR) is 90.8 cm³/mol. The molecular weight excluding hydrogens is 337 g/mol. The minimum Gasteiger partial charge on any atom is -0.356 e. The molecule has 0 radical (unpaired) electrons. The van der Waals surface area contributed by atoms with Crippen molar-refractivity contribution in [3.8, 4) is 0 Å². The Balaban J connectivity index is 0.00000289. The van der Waals surface area contributed by atoms with Gasteiger partial charge in [-0.15, -0.1) is 24.0 Å². The Hall–Kier alpha value is 0. The summed E-state index contributed by atoms with van der Waals surface area (Å²) in [6, 6.07) is 0.493. The van der Waals surface area contributed by atoms with Gasteiger partial charge in [0.1, 0.15) is 0 Å². The summed E-state index contributed by atoms with van der Waals surface area (Å²) < 4.78 is 0. The Morgan fingerprint density at radius 3 is 2.39 bits per heavy atom. The fourth-order valence-electron chi connectivity index (χ4n) is 2.30. The summed E-state index contributed by atoms with van der Waals surface area (Å²) in [6.45, 7) is 7.82. The van der Waals surface area contributed by atoms with Gasteiger partial charge in [-0.25, -0.2) is 0 Å². The molecule has 0 aromatic heterocycles. The van der Waals surface area contributed by atoms with Crippen LogP contribution in [0.25, 0.3) is 0 Å². The van der Waals surface area contributed by atoms with E-state index in [4.69, 9.17) is 0 Å². The van der Waals surface area contributed by atoms with Gasteiger partial charge in [0.15, 0.2) is 5.96 Å². The molecule has 0 bridgehead atoms. The molecule has 1 rings (SSSR count). The summed E-state index contributed by atoms with van der Waals surface area (Å²) in [6.07, 6.45) is 6.65. The molecule has 3 nitrogen and oxygen atoms in total. The van der Waals surface area contributed by atoms with Crippen LogP contribution in [0.2, 0.25) is 0 Å². The topological polar surface area (TPSA) is 36.4 Å². The second kappa shape index (κ2) is 9.87. The van der Waals surface area contributed by atoms with Gasteiger partial charge in [-0.2, -0.15) is 0 Å². The molecule has 1 aliphatic carbocycles. The molecule has 1 aliphatic rings. The highest BCUT2D eigenvalue weighted by Crippen LogP contribution is 2.27. The van der Waals surface area contributed by atoms with Crippen LogP contribution in [0.4, 0.5) is 0 Å². The zero-order chi connectivity index (χ0) is 12.7. The maximum absolute atomic E-state index is 4.27. The van der Waals surface area contributed by atoms with Crippen molar-refractivity contribution in [3.63, 3.8) is 0 Å². The van der Waals surface area contributed by atoms with Gasteiger partial charge in [0.25, 0.3) is 0 Å². The molecule has 18 heavy (non-hydrogen) atoms. The first-order valence-corrected chi connectivity index (χ1v) is 7.12. The van der Waals surface area contributed by atoms with E-state index in [-0.39, 0.29) is 24.0 Å². The lowest BCUT2D eigenvalue weighted by atomic mass is 9.83. The maximum atomic E-state index is 4.27. The van der Waals surface area contributed by atoms with Gasteiger partial charge in [-0.1, -0.05) is 26.7 Å². The van der Waals surface area contributed by atoms with Crippen molar-refractivity contribution in [1.29, 1.82) is 0 Å². The van der Waals surface area contributed by atoms with E-state index in [2.05, 4.69) is 36.4 Å². The van der Waals surface area contributed by atoms with Gasteiger partial charge in [0.2, 0.25) is 0 Å². The van der Waals surface area contributed by atoms with E-state index < -0.39 is 0 Å². The highest BCUT2D eigenvalue weighted by atomic mass is 127. The number of nitrogens with one attached hydrogen (secondary N) is 2. The Morgan fingerprint density at radius 1 is 1.28 bits per heavy atom. The van der Waals surface area contributed by atoms with Crippen LogP contribution in [0.3, 0.4) is 0 Å². The van der Waals surface area contributed by atoms with E-state index >= 15 is 0 Å². The van der Waals surface area contributed by atoms with Crippen LogP contribution in [0, 0.1) is 11.8 Å². The van der Waals surface area contributed by atoms with Gasteiger partial charge in [-0.3, -0.25) is 4.99 Å². The average molecular weight is 367 g/mol. The van der Waals surface area contributed by atoms with Crippen molar-refractivity contribution in [2.24, 2.45) is 16.8 Å². The first-order chi connectivity index (χ1) is 8.15. The van der Waals surface area contributed by atoms with Crippen LogP contribution in [0.5, 0.6) is 0 Å². The number of guanidine groups is 1. The Kier molecular flexibility index (Phi) is 9.87. The molecule has 108 valence electrons. The first-order valence-electron chi connectivity index (χ1n) is 7.12. The average Bonchev–Trinajstić information content (AvgIpc) is 2.36. The fraction of sp³-hybridized carbons (Fsp3) is 0.929. The number of hydrogen-bond acceptors (Lipinski definition) is 1. The van der Waals surface area contributed by atoms with E-state index in [1.165, 1.54) is 25.7 Å². The number of nitrogens with zero attached hydrogens (tertiary/aromatic N) is 1. The molecule has 0 saturated heterocycles. The molecule has 1 atom stereocenters. The minimum absolute atomic E-state index is 0. The van der Waals surface area contributed by atoms with E-state index in [0.717, 1.165) is 30.8 Å². The number of hydrogen-bond donors (Lipinski definition) is 2. The minimum atomic E-state index is 0. The molecule has 1 fully saturated rings. The van der Waals surface area contributed by atoms with Gasteiger partial charge in [0, 0.05) is 19.6 Å². The lowest BCUT2D eigenvalue weighted by Gasteiger charge is -2.27. The Bertz CT molecular complexity index is 235. The monoisotopic (exact) mass is 367 g/mol. The van der Waals surface area contributed by atoms with Gasteiger partial charge < -0.3 is 10.6 Å². The van der Waals surface area contributed by atoms with E-state index in [1.54, 1.807) is 0 Å². The normalized spacial score (nSPS) is 26.1. The predicted octanol–water partition coefficient (Wildman–Crippen LogP) is 3.39. The fourth-order valence-corrected chi connectivity index (χ4v) is 2.30. The summed E-state index contributed by atoms with van der Waals surface area (Å²) in [5, 5.41) is 6.86. The smallest absolute Gasteiger partial charge is 0.191 e. The van der Waals surface area contributed by atoms with Gasteiger partial charge in [0.05, 0.1) is 0 Å². The van der Waals surface area contributed by atoms with Gasteiger partial charge >= 0.3 is 0 Å². The lowest BCUT2D eigenvalue weighted by molar-refractivity contribution is 0.289. The lowest BCUT2D eigenvalue weighted by Crippen LogP contribution is -2.44. The van der Waals surface area contributed by atoms with Crippen molar-refractivity contribution in [2.75, 3.05) is 13.6 Å². The molecular formula is C14H30IN3. The molecule has 0 amide bonds. The van der Waals surface area contributed by atoms with Crippen LogP contribution < -0.4 is 10.6 Å². The molecule has 0 spiro atoms. The van der Waals surface area contributed by atoms with Crippen LogP contribution in [0.1, 0.15) is 52.9 Å². The summed E-state index contributed by atoms with van der Waals surface area (Å²) in [5.74, 6) is 2.73. The molecule has 0 aromatic rings. The second-order valence-corrected chi connectivity index (χ2v) is 5.53. The van der Waals surface area contributed by atoms with Crippen LogP contribution in [0.15, 0.2) is 4.99 Å². The van der Waals surface area contributed by atoms with Crippen molar-refractivity contribution >= 4 is 29.9 Å². The molecule has 0 aromatic carbocycles. The first kappa shape index (κ1) is 18.0. The summed E-state index contributed by atoms with van der Waals surface area (Å²) in [7, 11) is 1.85. The molecule has 1 unspecified atom stereocenters. The number of rotatable bonds is 4. The summed E-state index contributed by atoms with van der Waals surface area (Å²) >= 11 is 0. The molecule has 4 heteroatoms. The van der Waals surface area contributed by atoms with Crippen molar-refractivity contribution in [1.82, 2.24) is 10.6 Å². The number of halogens is 1. The molecule has 1 saturated carbocycles. The third-order valence-electron chi connectivity index (χ3n) is 3.91. The van der Waals surface area contributed by atoms with Crippen LogP contribution in [-0.2, 0) is 0 Å². The largest absolute Gasteiger partial charge is 0.356 e.